The molecule has 0 radical (unpaired) electrons. The van der Waals surface area contributed by atoms with E-state index in [1.165, 1.54) is 11.3 Å². The monoisotopic (exact) mass is 587 g/mol. The number of unbranched alkanes of at least 4 members (excludes halogenated alkanes) is 1. The van der Waals surface area contributed by atoms with Crippen molar-refractivity contribution in [3.63, 3.8) is 0 Å². The van der Waals surface area contributed by atoms with Crippen LogP contribution in [-0.4, -0.2) is 69.8 Å². The summed E-state index contributed by atoms with van der Waals surface area (Å²) in [6, 6.07) is 7.51. The molecule has 5 rings (SSSR count). The van der Waals surface area contributed by atoms with E-state index in [0.717, 1.165) is 60.6 Å². The second kappa shape index (κ2) is 13.3. The number of thiophene rings is 1. The fourth-order valence-corrected chi connectivity index (χ4v) is 5.95. The van der Waals surface area contributed by atoms with Crippen molar-refractivity contribution in [2.45, 2.75) is 45.1 Å². The largest absolute Gasteiger partial charge is 0.496 e. The molecule has 1 aliphatic rings. The first kappa shape index (κ1) is 29.4. The maximum absolute atomic E-state index is 14.1. The fourth-order valence-electron chi connectivity index (χ4n) is 5.16. The lowest BCUT2D eigenvalue weighted by Gasteiger charge is -2.36. The second-order valence-corrected chi connectivity index (χ2v) is 11.5. The van der Waals surface area contributed by atoms with Crippen molar-refractivity contribution in [3.8, 4) is 27.6 Å². The van der Waals surface area contributed by atoms with E-state index in [9.17, 15) is 9.59 Å². The van der Waals surface area contributed by atoms with Gasteiger partial charge in [-0.3, -0.25) is 19.3 Å². The van der Waals surface area contributed by atoms with E-state index in [1.54, 1.807) is 36.4 Å². The summed E-state index contributed by atoms with van der Waals surface area (Å²) < 4.78 is 7.46. The first-order valence-electron chi connectivity index (χ1n) is 14.3. The van der Waals surface area contributed by atoms with Crippen molar-refractivity contribution < 1.29 is 14.3 Å². The molecule has 42 heavy (non-hydrogen) atoms. The van der Waals surface area contributed by atoms with E-state index in [1.807, 2.05) is 41.7 Å². The summed E-state index contributed by atoms with van der Waals surface area (Å²) in [5.74, 6) is 0.369. The van der Waals surface area contributed by atoms with Gasteiger partial charge in [-0.05, 0) is 57.6 Å². The molecule has 10 nitrogen and oxygen atoms in total. The van der Waals surface area contributed by atoms with E-state index >= 15 is 0 Å². The zero-order chi connectivity index (χ0) is 29.6. The summed E-state index contributed by atoms with van der Waals surface area (Å²) >= 11 is 1.50. The Morgan fingerprint density at radius 3 is 2.62 bits per heavy atom. The topological polar surface area (TPSA) is 105 Å². The van der Waals surface area contributed by atoms with E-state index in [0.29, 0.717) is 29.1 Å². The molecule has 3 aromatic heterocycles. The van der Waals surface area contributed by atoms with Crippen LogP contribution in [0.2, 0.25) is 0 Å². The summed E-state index contributed by atoms with van der Waals surface area (Å²) in [6.45, 7) is 3.92. The van der Waals surface area contributed by atoms with E-state index in [4.69, 9.17) is 9.72 Å². The summed E-state index contributed by atoms with van der Waals surface area (Å²) in [5.41, 5.74) is 4.17. The van der Waals surface area contributed by atoms with Gasteiger partial charge in [-0.15, -0.1) is 11.3 Å². The number of aryl methyl sites for hydroxylation is 1. The molecule has 1 saturated heterocycles. The van der Waals surface area contributed by atoms with Crippen LogP contribution in [0.25, 0.3) is 21.8 Å². The standard InChI is InChI=1S/C31H37N7O3S/c1-5-6-7-30(39)34-22-15-29(42-20-22)27-18-32-17-26(35-27)21-8-9-25(28(14-21)41-4)31(40)38(24-16-33-37(3)19-24)23-10-12-36(2)13-11-23/h8-9,14-20,23H,5-7,10-13H2,1-4H3,(H,34,39). The maximum Gasteiger partial charge on any atom is 0.262 e. The Balaban J connectivity index is 1.40. The van der Waals surface area contributed by atoms with Crippen molar-refractivity contribution in [1.29, 1.82) is 0 Å². The molecular formula is C31H37N7O3S. The van der Waals surface area contributed by atoms with Crippen molar-refractivity contribution in [2.24, 2.45) is 7.05 Å². The number of hydrogen-bond donors (Lipinski definition) is 1. The number of rotatable bonds is 10. The zero-order valence-electron chi connectivity index (χ0n) is 24.5. The lowest BCUT2D eigenvalue weighted by Crippen LogP contribution is -2.46. The predicted molar refractivity (Wildman–Crippen MR) is 166 cm³/mol. The fraction of sp³-hybridized carbons (Fsp3) is 0.387. The van der Waals surface area contributed by atoms with Crippen LogP contribution < -0.4 is 15.0 Å². The summed E-state index contributed by atoms with van der Waals surface area (Å²) in [6.07, 6.45) is 11.1. The molecule has 1 fully saturated rings. The number of ether oxygens (including phenoxy) is 1. The number of aromatic nitrogens is 4. The summed E-state index contributed by atoms with van der Waals surface area (Å²) in [4.78, 5) is 40.5. The minimum absolute atomic E-state index is 0.0145. The average molecular weight is 588 g/mol. The highest BCUT2D eigenvalue weighted by Gasteiger charge is 2.31. The number of benzene rings is 1. The highest BCUT2D eigenvalue weighted by atomic mass is 32.1. The molecule has 0 unspecified atom stereocenters. The van der Waals surface area contributed by atoms with Gasteiger partial charge in [0.1, 0.15) is 5.75 Å². The number of carbonyl (C=O) groups is 2. The minimum Gasteiger partial charge on any atom is -0.496 e. The molecule has 2 amide bonds. The second-order valence-electron chi connectivity index (χ2n) is 10.6. The molecule has 11 heteroatoms. The highest BCUT2D eigenvalue weighted by molar-refractivity contribution is 7.14. The lowest BCUT2D eigenvalue weighted by atomic mass is 10.0. The molecule has 1 N–H and O–H groups in total. The number of amides is 2. The van der Waals surface area contributed by atoms with Crippen LogP contribution in [0.1, 0.15) is 49.4 Å². The highest BCUT2D eigenvalue weighted by Crippen LogP contribution is 2.33. The van der Waals surface area contributed by atoms with Gasteiger partial charge < -0.3 is 19.9 Å². The third kappa shape index (κ3) is 6.69. The van der Waals surface area contributed by atoms with Crippen LogP contribution in [0.3, 0.4) is 0 Å². The first-order chi connectivity index (χ1) is 20.4. The van der Waals surface area contributed by atoms with Gasteiger partial charge in [0.2, 0.25) is 5.91 Å². The Bertz CT molecular complexity index is 1540. The lowest BCUT2D eigenvalue weighted by molar-refractivity contribution is -0.116. The normalized spacial score (nSPS) is 14.1. The molecule has 4 heterocycles. The number of hydrogen-bond acceptors (Lipinski definition) is 8. The maximum atomic E-state index is 14.1. The zero-order valence-corrected chi connectivity index (χ0v) is 25.4. The van der Waals surface area contributed by atoms with Gasteiger partial charge in [-0.1, -0.05) is 19.4 Å². The molecule has 0 saturated carbocycles. The number of piperidine rings is 1. The van der Waals surface area contributed by atoms with E-state index < -0.39 is 0 Å². The van der Waals surface area contributed by atoms with Crippen LogP contribution in [-0.2, 0) is 11.8 Å². The van der Waals surface area contributed by atoms with Crippen molar-refractivity contribution in [1.82, 2.24) is 24.6 Å². The van der Waals surface area contributed by atoms with Gasteiger partial charge in [0.05, 0.1) is 58.9 Å². The Morgan fingerprint density at radius 1 is 1.12 bits per heavy atom. The molecule has 1 aliphatic heterocycles. The van der Waals surface area contributed by atoms with Gasteiger partial charge in [-0.25, -0.2) is 4.98 Å². The minimum atomic E-state index is -0.118. The third-order valence-corrected chi connectivity index (χ3v) is 8.45. The SMILES string of the molecule is CCCCC(=O)Nc1csc(-c2cncc(-c3ccc(C(=O)N(c4cnn(C)c4)C4CCN(C)CC4)c(OC)c3)n2)c1. The van der Waals surface area contributed by atoms with Crippen LogP contribution in [0.4, 0.5) is 11.4 Å². The van der Waals surface area contributed by atoms with Crippen molar-refractivity contribution in [3.05, 3.63) is 60.0 Å². The Kier molecular flexibility index (Phi) is 9.28. The summed E-state index contributed by atoms with van der Waals surface area (Å²) in [7, 11) is 5.53. The smallest absolute Gasteiger partial charge is 0.262 e. The van der Waals surface area contributed by atoms with Crippen LogP contribution in [0.15, 0.2) is 54.4 Å². The first-order valence-corrected chi connectivity index (χ1v) is 15.1. The molecule has 0 aliphatic carbocycles. The number of methoxy groups -OCH3 is 1. The molecule has 0 atom stereocenters. The Morgan fingerprint density at radius 2 is 1.90 bits per heavy atom. The van der Waals surface area contributed by atoms with Gasteiger partial charge in [0.15, 0.2) is 0 Å². The van der Waals surface area contributed by atoms with Gasteiger partial charge >= 0.3 is 0 Å². The molecule has 220 valence electrons. The third-order valence-electron chi connectivity index (χ3n) is 7.50. The number of nitrogens with one attached hydrogen (secondary N) is 1. The van der Waals surface area contributed by atoms with Gasteiger partial charge in [0.25, 0.3) is 5.91 Å². The van der Waals surface area contributed by atoms with Crippen LogP contribution >= 0.6 is 11.3 Å². The number of likely N-dealkylation sites (tertiary alicyclic amines) is 1. The van der Waals surface area contributed by atoms with Gasteiger partial charge in [-0.2, -0.15) is 5.10 Å². The van der Waals surface area contributed by atoms with Gasteiger partial charge in [0, 0.05) is 36.7 Å². The average Bonchev–Trinajstić information content (AvgIpc) is 3.65. The summed E-state index contributed by atoms with van der Waals surface area (Å²) in [5, 5.41) is 9.19. The number of carbonyl (C=O) groups excluding carboxylic acids is 2. The number of anilines is 2. The quantitative estimate of drug-likeness (QED) is 0.262. The molecule has 4 aromatic rings. The predicted octanol–water partition coefficient (Wildman–Crippen LogP) is 5.48. The number of nitrogens with zero attached hydrogens (tertiary/aromatic N) is 6. The van der Waals surface area contributed by atoms with Crippen molar-refractivity contribution >= 4 is 34.5 Å². The molecular weight excluding hydrogens is 550 g/mol. The van der Waals surface area contributed by atoms with Crippen molar-refractivity contribution in [2.75, 3.05) is 37.5 Å². The van der Waals surface area contributed by atoms with Crippen LogP contribution in [0, 0.1) is 0 Å². The van der Waals surface area contributed by atoms with E-state index in [2.05, 4.69) is 34.3 Å². The molecule has 0 spiro atoms. The Labute approximate surface area is 250 Å². The van der Waals surface area contributed by atoms with Crippen LogP contribution in [0.5, 0.6) is 5.75 Å². The Hall–Kier alpha value is -4.09. The molecule has 0 bridgehead atoms. The van der Waals surface area contributed by atoms with E-state index in [-0.39, 0.29) is 17.9 Å². The molecule has 1 aromatic carbocycles.